The lowest BCUT2D eigenvalue weighted by atomic mass is 9.90. The van der Waals surface area contributed by atoms with Gasteiger partial charge in [0.1, 0.15) is 0 Å². The second-order valence-corrected chi connectivity index (χ2v) is 4.77. The molecule has 88 valence electrons. The van der Waals surface area contributed by atoms with Crippen LogP contribution in [0.3, 0.4) is 0 Å². The maximum Gasteiger partial charge on any atom is 0.0980 e. The normalized spacial score (nSPS) is 17.2. The smallest absolute Gasteiger partial charge is 0.0980 e. The maximum atomic E-state index is 5.59. The van der Waals surface area contributed by atoms with Gasteiger partial charge >= 0.3 is 0 Å². The molecule has 0 amide bonds. The molecule has 1 aromatic rings. The third-order valence-corrected chi connectivity index (χ3v) is 3.36. The Bertz CT molecular complexity index is 360. The number of nitrogens with zero attached hydrogens (tertiary/aromatic N) is 1. The first kappa shape index (κ1) is 11.6. The minimum Gasteiger partial charge on any atom is -0.289 e. The molecule has 0 aliphatic heterocycles. The van der Waals surface area contributed by atoms with Crippen LogP contribution in [-0.4, -0.2) is 19.0 Å². The van der Waals surface area contributed by atoms with E-state index < -0.39 is 0 Å². The molecule has 3 nitrogen and oxygen atoms in total. The first-order valence-electron chi connectivity index (χ1n) is 5.96. The number of hydrazine groups is 1. The summed E-state index contributed by atoms with van der Waals surface area (Å²) in [6.07, 6.45) is 5.21. The zero-order chi connectivity index (χ0) is 11.5. The largest absolute Gasteiger partial charge is 0.289 e. The summed E-state index contributed by atoms with van der Waals surface area (Å²) in [4.78, 5) is 2.09. The van der Waals surface area contributed by atoms with E-state index in [4.69, 9.17) is 5.84 Å². The molecule has 0 heterocycles. The van der Waals surface area contributed by atoms with E-state index in [1.807, 2.05) is 14.1 Å². The van der Waals surface area contributed by atoms with E-state index >= 15 is 0 Å². The van der Waals surface area contributed by atoms with Gasteiger partial charge in [-0.25, -0.2) is 5.43 Å². The second kappa shape index (κ2) is 4.95. The third kappa shape index (κ3) is 2.26. The Labute approximate surface area is 97.6 Å². The average Bonchev–Trinajstić information content (AvgIpc) is 2.29. The maximum absolute atomic E-state index is 5.59. The van der Waals surface area contributed by atoms with Crippen molar-refractivity contribution < 1.29 is 0 Å². The van der Waals surface area contributed by atoms with Gasteiger partial charge in [-0.3, -0.25) is 10.7 Å². The number of benzene rings is 1. The van der Waals surface area contributed by atoms with Crippen molar-refractivity contribution in [3.63, 3.8) is 0 Å². The van der Waals surface area contributed by atoms with Crippen molar-refractivity contribution in [1.82, 2.24) is 10.3 Å². The summed E-state index contributed by atoms with van der Waals surface area (Å²) in [6.45, 7) is 0. The predicted octanol–water partition coefficient (Wildman–Crippen LogP) is 1.59. The second-order valence-electron chi connectivity index (χ2n) is 4.77. The lowest BCUT2D eigenvalue weighted by molar-refractivity contribution is 0.253. The summed E-state index contributed by atoms with van der Waals surface area (Å²) in [7, 11) is 4.06. The van der Waals surface area contributed by atoms with Crippen LogP contribution >= 0.6 is 0 Å². The Balaban J connectivity index is 2.28. The summed E-state index contributed by atoms with van der Waals surface area (Å²) < 4.78 is 0. The molecule has 3 N–H and O–H groups in total. The van der Waals surface area contributed by atoms with Crippen molar-refractivity contribution in [1.29, 1.82) is 0 Å². The van der Waals surface area contributed by atoms with Crippen LogP contribution in [-0.2, 0) is 12.8 Å². The zero-order valence-corrected chi connectivity index (χ0v) is 10.2. The van der Waals surface area contributed by atoms with E-state index in [-0.39, 0.29) is 6.17 Å². The van der Waals surface area contributed by atoms with Gasteiger partial charge in [-0.05, 0) is 56.5 Å². The van der Waals surface area contributed by atoms with Crippen LogP contribution in [0.2, 0.25) is 0 Å². The molecule has 0 fully saturated rings. The van der Waals surface area contributed by atoms with Crippen molar-refractivity contribution in [2.24, 2.45) is 5.84 Å². The highest BCUT2D eigenvalue weighted by molar-refractivity contribution is 5.35. The number of fused-ring (bicyclic) bond motifs is 1. The third-order valence-electron chi connectivity index (χ3n) is 3.36. The summed E-state index contributed by atoms with van der Waals surface area (Å²) in [5.74, 6) is 5.59. The zero-order valence-electron chi connectivity index (χ0n) is 10.2. The standard InChI is InChI=1S/C13H21N3/c1-16(2)13(15-14)12-8-7-10-5-3-4-6-11(10)9-12/h7-9,13,15H,3-6,14H2,1-2H3. The Kier molecular flexibility index (Phi) is 3.59. The van der Waals surface area contributed by atoms with Gasteiger partial charge in [0.15, 0.2) is 0 Å². The molecule has 16 heavy (non-hydrogen) atoms. The minimum absolute atomic E-state index is 0.104. The van der Waals surface area contributed by atoms with Gasteiger partial charge in [0.25, 0.3) is 0 Å². The van der Waals surface area contributed by atoms with Crippen molar-refractivity contribution in [2.75, 3.05) is 14.1 Å². The van der Waals surface area contributed by atoms with Gasteiger partial charge in [-0.1, -0.05) is 18.2 Å². The lowest BCUT2D eigenvalue weighted by Crippen LogP contribution is -2.37. The average molecular weight is 219 g/mol. The van der Waals surface area contributed by atoms with Crippen LogP contribution in [0.4, 0.5) is 0 Å². The molecular formula is C13H21N3. The summed E-state index contributed by atoms with van der Waals surface area (Å²) in [5, 5.41) is 0. The fourth-order valence-electron chi connectivity index (χ4n) is 2.47. The van der Waals surface area contributed by atoms with Crippen LogP contribution in [0.5, 0.6) is 0 Å². The summed E-state index contributed by atoms with van der Waals surface area (Å²) in [6, 6.07) is 6.76. The quantitative estimate of drug-likeness (QED) is 0.461. The fraction of sp³-hybridized carbons (Fsp3) is 0.538. The molecule has 1 aliphatic carbocycles. The van der Waals surface area contributed by atoms with E-state index in [0.717, 1.165) is 0 Å². The molecule has 3 heteroatoms. The number of nitrogens with two attached hydrogens (primary N) is 1. The molecule has 0 saturated carbocycles. The highest BCUT2D eigenvalue weighted by Crippen LogP contribution is 2.25. The fourth-order valence-corrected chi connectivity index (χ4v) is 2.47. The molecule has 0 spiro atoms. The number of hydrogen-bond acceptors (Lipinski definition) is 3. The summed E-state index contributed by atoms with van der Waals surface area (Å²) >= 11 is 0. The first-order chi connectivity index (χ1) is 7.72. The van der Waals surface area contributed by atoms with Gasteiger partial charge in [-0.15, -0.1) is 0 Å². The van der Waals surface area contributed by atoms with Crippen molar-refractivity contribution in [2.45, 2.75) is 31.8 Å². The number of aryl methyl sites for hydroxylation is 2. The molecule has 2 rings (SSSR count). The monoisotopic (exact) mass is 219 g/mol. The van der Waals surface area contributed by atoms with E-state index in [0.29, 0.717) is 0 Å². The van der Waals surface area contributed by atoms with Crippen LogP contribution in [0.25, 0.3) is 0 Å². The molecule has 0 saturated heterocycles. The molecule has 0 aromatic heterocycles. The molecule has 0 radical (unpaired) electrons. The highest BCUT2D eigenvalue weighted by atomic mass is 15.4. The lowest BCUT2D eigenvalue weighted by Gasteiger charge is -2.25. The number of rotatable bonds is 3. The molecule has 1 unspecified atom stereocenters. The van der Waals surface area contributed by atoms with Crippen LogP contribution in [0.1, 0.15) is 35.7 Å². The van der Waals surface area contributed by atoms with Crippen molar-refractivity contribution >= 4 is 0 Å². The van der Waals surface area contributed by atoms with Crippen LogP contribution < -0.4 is 11.3 Å². The van der Waals surface area contributed by atoms with Crippen molar-refractivity contribution in [3.05, 3.63) is 34.9 Å². The minimum atomic E-state index is 0.104. The molecule has 1 aromatic carbocycles. The predicted molar refractivity (Wildman–Crippen MR) is 66.8 cm³/mol. The first-order valence-corrected chi connectivity index (χ1v) is 5.96. The van der Waals surface area contributed by atoms with Gasteiger partial charge < -0.3 is 0 Å². The van der Waals surface area contributed by atoms with E-state index in [2.05, 4.69) is 28.5 Å². The summed E-state index contributed by atoms with van der Waals surface area (Å²) in [5.41, 5.74) is 7.13. The van der Waals surface area contributed by atoms with Gasteiger partial charge in [0.2, 0.25) is 0 Å². The van der Waals surface area contributed by atoms with Gasteiger partial charge in [-0.2, -0.15) is 0 Å². The van der Waals surface area contributed by atoms with Crippen molar-refractivity contribution in [3.8, 4) is 0 Å². The van der Waals surface area contributed by atoms with E-state index in [1.165, 1.54) is 42.4 Å². The van der Waals surface area contributed by atoms with Gasteiger partial charge in [0, 0.05) is 0 Å². The van der Waals surface area contributed by atoms with Crippen LogP contribution in [0.15, 0.2) is 18.2 Å². The Morgan fingerprint density at radius 3 is 2.50 bits per heavy atom. The van der Waals surface area contributed by atoms with E-state index in [9.17, 15) is 0 Å². The Morgan fingerprint density at radius 1 is 1.19 bits per heavy atom. The highest BCUT2D eigenvalue weighted by Gasteiger charge is 2.15. The number of hydrogen-bond donors (Lipinski definition) is 2. The Morgan fingerprint density at radius 2 is 1.88 bits per heavy atom. The molecular weight excluding hydrogens is 198 g/mol. The Hall–Kier alpha value is -0.900. The van der Waals surface area contributed by atoms with E-state index in [1.54, 1.807) is 0 Å². The molecule has 0 bridgehead atoms. The van der Waals surface area contributed by atoms with Gasteiger partial charge in [0.05, 0.1) is 6.17 Å². The topological polar surface area (TPSA) is 41.3 Å². The number of nitrogens with one attached hydrogen (secondary N) is 1. The molecule has 1 aliphatic rings. The SMILES string of the molecule is CN(C)C(NN)c1ccc2c(c1)CCCC2. The molecule has 1 atom stereocenters. The van der Waals surface area contributed by atoms with Crippen LogP contribution in [0, 0.1) is 0 Å².